The molecule has 5 nitrogen and oxygen atoms in total. The molecule has 0 aromatic carbocycles. The third kappa shape index (κ3) is 0.765. The summed E-state index contributed by atoms with van der Waals surface area (Å²) in [5.41, 5.74) is 0. The minimum Gasteiger partial charge on any atom is -0.368 e. The standard InChI is InChI=1S/C7H6INO4S/c8-4-3-1-7(2-9)6(12-3)5(4)13-14(7,10)11/h3-6H,1H2/t3?,4?,5?,6?,7-/m1/s1. The lowest BCUT2D eigenvalue weighted by Gasteiger charge is -2.20. The molecule has 0 amide bonds. The fourth-order valence-corrected chi connectivity index (χ4v) is 5.20. The molecule has 0 N–H and O–H groups in total. The van der Waals surface area contributed by atoms with Crippen LogP contribution in [-0.2, 0) is 19.0 Å². The van der Waals surface area contributed by atoms with E-state index in [1.54, 1.807) is 0 Å². The molecule has 76 valence electrons. The maximum absolute atomic E-state index is 11.7. The Morgan fingerprint density at radius 1 is 1.57 bits per heavy atom. The van der Waals surface area contributed by atoms with E-state index in [1.807, 2.05) is 6.07 Å². The summed E-state index contributed by atoms with van der Waals surface area (Å²) in [6.07, 6.45) is -0.938. The number of nitrogens with zero attached hydrogens (tertiary/aromatic N) is 1. The van der Waals surface area contributed by atoms with Crippen molar-refractivity contribution in [2.75, 3.05) is 0 Å². The summed E-state index contributed by atoms with van der Waals surface area (Å²) in [6.45, 7) is 0. The Labute approximate surface area is 94.6 Å². The molecule has 0 aromatic rings. The molecule has 0 aliphatic carbocycles. The van der Waals surface area contributed by atoms with E-state index in [9.17, 15) is 8.42 Å². The van der Waals surface area contributed by atoms with Gasteiger partial charge in [0.05, 0.1) is 16.1 Å². The maximum atomic E-state index is 11.7. The van der Waals surface area contributed by atoms with Crippen molar-refractivity contribution in [3.8, 4) is 6.07 Å². The Balaban J connectivity index is 2.22. The van der Waals surface area contributed by atoms with Gasteiger partial charge >= 0.3 is 0 Å². The lowest BCUT2D eigenvalue weighted by molar-refractivity contribution is 0.0794. The lowest BCUT2D eigenvalue weighted by atomic mass is 9.87. The molecule has 5 atom stereocenters. The quantitative estimate of drug-likeness (QED) is 0.354. The van der Waals surface area contributed by atoms with Crippen molar-refractivity contribution in [2.24, 2.45) is 0 Å². The van der Waals surface area contributed by atoms with E-state index in [0.29, 0.717) is 0 Å². The fraction of sp³-hybridized carbons (Fsp3) is 0.857. The van der Waals surface area contributed by atoms with Crippen LogP contribution in [0.3, 0.4) is 0 Å². The molecular weight excluding hydrogens is 321 g/mol. The number of halogens is 1. The largest absolute Gasteiger partial charge is 0.368 e. The number of rotatable bonds is 0. The van der Waals surface area contributed by atoms with Crippen LogP contribution in [0.15, 0.2) is 0 Å². The summed E-state index contributed by atoms with van der Waals surface area (Å²) in [7, 11) is -3.77. The third-order valence-electron chi connectivity index (χ3n) is 3.13. The van der Waals surface area contributed by atoms with Gasteiger partial charge in [-0.1, -0.05) is 22.6 Å². The van der Waals surface area contributed by atoms with Crippen LogP contribution in [0.25, 0.3) is 0 Å². The molecule has 4 unspecified atom stereocenters. The van der Waals surface area contributed by atoms with Gasteiger partial charge in [0.2, 0.25) is 4.75 Å². The second-order valence-electron chi connectivity index (χ2n) is 3.76. The Hall–Kier alpha value is 0.0900. The molecule has 3 heterocycles. The molecule has 3 aliphatic rings. The normalized spacial score (nSPS) is 57.4. The molecule has 3 saturated heterocycles. The summed E-state index contributed by atoms with van der Waals surface area (Å²) < 4.78 is 32.3. The van der Waals surface area contributed by atoms with Crippen LogP contribution in [0.2, 0.25) is 0 Å². The van der Waals surface area contributed by atoms with Crippen LogP contribution in [0.4, 0.5) is 0 Å². The second kappa shape index (κ2) is 2.42. The van der Waals surface area contributed by atoms with Crippen LogP contribution in [0.5, 0.6) is 0 Å². The van der Waals surface area contributed by atoms with Crippen molar-refractivity contribution >= 4 is 32.7 Å². The first kappa shape index (κ1) is 9.33. The van der Waals surface area contributed by atoms with Crippen molar-refractivity contribution in [1.82, 2.24) is 0 Å². The van der Waals surface area contributed by atoms with Crippen LogP contribution in [0, 0.1) is 11.3 Å². The number of alkyl halides is 1. The lowest BCUT2D eigenvalue weighted by Crippen LogP contribution is -2.45. The van der Waals surface area contributed by atoms with Gasteiger partial charge in [0, 0.05) is 6.42 Å². The molecule has 14 heavy (non-hydrogen) atoms. The minimum atomic E-state index is -3.77. The van der Waals surface area contributed by atoms with Crippen molar-refractivity contribution < 1.29 is 17.3 Å². The van der Waals surface area contributed by atoms with Gasteiger partial charge in [-0.25, -0.2) is 0 Å². The zero-order valence-corrected chi connectivity index (χ0v) is 9.86. The van der Waals surface area contributed by atoms with Crippen LogP contribution in [0.1, 0.15) is 6.42 Å². The van der Waals surface area contributed by atoms with Crippen molar-refractivity contribution in [3.63, 3.8) is 0 Å². The van der Waals surface area contributed by atoms with Gasteiger partial charge in [0.1, 0.15) is 12.2 Å². The van der Waals surface area contributed by atoms with Gasteiger partial charge in [0.15, 0.2) is 0 Å². The topological polar surface area (TPSA) is 76.4 Å². The van der Waals surface area contributed by atoms with E-state index in [4.69, 9.17) is 14.2 Å². The van der Waals surface area contributed by atoms with E-state index in [1.165, 1.54) is 0 Å². The van der Waals surface area contributed by atoms with Gasteiger partial charge in [-0.3, -0.25) is 4.18 Å². The Morgan fingerprint density at radius 2 is 2.29 bits per heavy atom. The maximum Gasteiger partial charge on any atom is 0.290 e. The van der Waals surface area contributed by atoms with E-state index in [-0.39, 0.29) is 16.4 Å². The SMILES string of the molecule is N#C[C@]12CC3OC1C(OS2(=O)=O)C3I. The average molecular weight is 327 g/mol. The van der Waals surface area contributed by atoms with Crippen molar-refractivity contribution in [1.29, 1.82) is 5.26 Å². The molecule has 2 bridgehead atoms. The molecule has 3 fully saturated rings. The summed E-state index contributed by atoms with van der Waals surface area (Å²) in [4.78, 5) is 0. The van der Waals surface area contributed by atoms with Gasteiger partial charge in [-0.2, -0.15) is 13.7 Å². The van der Waals surface area contributed by atoms with E-state index >= 15 is 0 Å². The molecular formula is C7H6INO4S. The van der Waals surface area contributed by atoms with E-state index < -0.39 is 27.1 Å². The van der Waals surface area contributed by atoms with E-state index in [2.05, 4.69) is 22.6 Å². The molecule has 3 aliphatic heterocycles. The van der Waals surface area contributed by atoms with Crippen LogP contribution in [-0.4, -0.2) is 35.4 Å². The van der Waals surface area contributed by atoms with Crippen LogP contribution < -0.4 is 0 Å². The van der Waals surface area contributed by atoms with Crippen molar-refractivity contribution in [2.45, 2.75) is 33.4 Å². The first-order chi connectivity index (χ1) is 6.52. The molecule has 0 radical (unpaired) electrons. The smallest absolute Gasteiger partial charge is 0.290 e. The highest BCUT2D eigenvalue weighted by atomic mass is 127. The van der Waals surface area contributed by atoms with Gasteiger partial charge in [-0.15, -0.1) is 0 Å². The van der Waals surface area contributed by atoms with Gasteiger partial charge in [0.25, 0.3) is 10.1 Å². The highest BCUT2D eigenvalue weighted by Crippen LogP contribution is 2.55. The number of fused-ring (bicyclic) bond motifs is 1. The highest BCUT2D eigenvalue weighted by molar-refractivity contribution is 14.1. The fourth-order valence-electron chi connectivity index (χ4n) is 2.42. The zero-order valence-electron chi connectivity index (χ0n) is 6.88. The Bertz CT molecular complexity index is 443. The number of hydrogen-bond acceptors (Lipinski definition) is 5. The van der Waals surface area contributed by atoms with Crippen LogP contribution >= 0.6 is 22.6 Å². The number of nitriles is 1. The average Bonchev–Trinajstić information content (AvgIpc) is 2.67. The molecule has 7 heteroatoms. The second-order valence-corrected chi connectivity index (χ2v) is 7.03. The predicted molar refractivity (Wildman–Crippen MR) is 53.2 cm³/mol. The highest BCUT2D eigenvalue weighted by Gasteiger charge is 2.74. The van der Waals surface area contributed by atoms with Gasteiger partial charge < -0.3 is 4.74 Å². The molecule has 3 rings (SSSR count). The minimum absolute atomic E-state index is 0.0383. The number of ether oxygens (including phenoxy) is 1. The molecule has 0 aromatic heterocycles. The third-order valence-corrected chi connectivity index (χ3v) is 6.50. The molecule has 0 spiro atoms. The van der Waals surface area contributed by atoms with E-state index in [0.717, 1.165) is 0 Å². The monoisotopic (exact) mass is 327 g/mol. The summed E-state index contributed by atoms with van der Waals surface area (Å²) in [5, 5.41) is 9.00. The predicted octanol–water partition coefficient (Wildman–Crippen LogP) is -0.0479. The first-order valence-electron chi connectivity index (χ1n) is 4.15. The summed E-state index contributed by atoms with van der Waals surface area (Å²) >= 11 is 2.13. The summed E-state index contributed by atoms with van der Waals surface area (Å²) in [5.74, 6) is 0. The Morgan fingerprint density at radius 3 is 2.86 bits per heavy atom. The summed E-state index contributed by atoms with van der Waals surface area (Å²) in [6, 6.07) is 1.87. The molecule has 0 saturated carbocycles. The first-order valence-corrected chi connectivity index (χ1v) is 6.81. The van der Waals surface area contributed by atoms with Gasteiger partial charge in [-0.05, 0) is 0 Å². The number of hydrogen-bond donors (Lipinski definition) is 0. The Kier molecular flexibility index (Phi) is 1.62. The zero-order chi connectivity index (χ0) is 10.1. The van der Waals surface area contributed by atoms with Crippen molar-refractivity contribution in [3.05, 3.63) is 0 Å².